The van der Waals surface area contributed by atoms with E-state index in [1.807, 2.05) is 23.1 Å². The average Bonchev–Trinajstić information content (AvgIpc) is 3.39. The number of hydrogen-bond donors (Lipinski definition) is 0. The molecule has 1 aliphatic heterocycles. The minimum Gasteiger partial charge on any atom is -0.376 e. The lowest BCUT2D eigenvalue weighted by Crippen LogP contribution is -2.41. The molecule has 4 rings (SSSR count). The second kappa shape index (κ2) is 8.31. The molecule has 1 unspecified atom stereocenters. The molecular weight excluding hydrogens is 344 g/mol. The molecule has 138 valence electrons. The van der Waals surface area contributed by atoms with Crippen molar-refractivity contribution in [3.8, 4) is 11.3 Å². The summed E-state index contributed by atoms with van der Waals surface area (Å²) in [5.41, 5.74) is 2.04. The molecule has 1 aromatic carbocycles. The molecular formula is C21H26N2O2S. The van der Waals surface area contributed by atoms with Gasteiger partial charge in [0.1, 0.15) is 0 Å². The molecule has 26 heavy (non-hydrogen) atoms. The number of aromatic nitrogens is 1. The van der Waals surface area contributed by atoms with E-state index in [2.05, 4.69) is 17.5 Å². The summed E-state index contributed by atoms with van der Waals surface area (Å²) in [4.78, 5) is 20.0. The standard InChI is InChI=1S/C21H26N2O2S/c24-20(17-10-5-2-6-11-17)23(14-18-12-7-13-25-18)21-22-19(15-26-21)16-8-3-1-4-9-16/h1,3-4,8-9,15,17-18H,2,5-7,10-14H2. The highest BCUT2D eigenvalue weighted by Gasteiger charge is 2.31. The number of nitrogens with zero attached hydrogens (tertiary/aromatic N) is 2. The third-order valence-electron chi connectivity index (χ3n) is 5.42. The van der Waals surface area contributed by atoms with Crippen molar-refractivity contribution in [1.29, 1.82) is 0 Å². The number of ether oxygens (including phenoxy) is 1. The van der Waals surface area contributed by atoms with Gasteiger partial charge in [-0.05, 0) is 25.7 Å². The fourth-order valence-electron chi connectivity index (χ4n) is 3.95. The lowest BCUT2D eigenvalue weighted by Gasteiger charge is -2.29. The van der Waals surface area contributed by atoms with Crippen LogP contribution in [0.2, 0.25) is 0 Å². The summed E-state index contributed by atoms with van der Waals surface area (Å²) in [5, 5.41) is 2.87. The minimum atomic E-state index is 0.145. The van der Waals surface area contributed by atoms with Gasteiger partial charge in [0.15, 0.2) is 5.13 Å². The molecule has 1 amide bonds. The highest BCUT2D eigenvalue weighted by molar-refractivity contribution is 7.14. The van der Waals surface area contributed by atoms with E-state index in [4.69, 9.17) is 9.72 Å². The van der Waals surface area contributed by atoms with E-state index in [1.165, 1.54) is 6.42 Å². The Balaban J connectivity index is 1.57. The Morgan fingerprint density at radius 3 is 2.65 bits per heavy atom. The predicted octanol–water partition coefficient (Wildman–Crippen LogP) is 4.90. The van der Waals surface area contributed by atoms with Crippen LogP contribution < -0.4 is 4.90 Å². The van der Waals surface area contributed by atoms with Crippen LogP contribution in [-0.2, 0) is 9.53 Å². The van der Waals surface area contributed by atoms with E-state index in [0.29, 0.717) is 6.54 Å². The van der Waals surface area contributed by atoms with Gasteiger partial charge in [0.25, 0.3) is 0 Å². The van der Waals surface area contributed by atoms with Crippen LogP contribution in [0.5, 0.6) is 0 Å². The Bertz CT molecular complexity index is 719. The number of amides is 1. The third-order valence-corrected chi connectivity index (χ3v) is 6.29. The van der Waals surface area contributed by atoms with Gasteiger partial charge in [-0.2, -0.15) is 0 Å². The second-order valence-electron chi connectivity index (χ2n) is 7.30. The van der Waals surface area contributed by atoms with Crippen LogP contribution in [0.3, 0.4) is 0 Å². The zero-order chi connectivity index (χ0) is 17.8. The van der Waals surface area contributed by atoms with E-state index < -0.39 is 0 Å². The van der Waals surface area contributed by atoms with Crippen molar-refractivity contribution < 1.29 is 9.53 Å². The fourth-order valence-corrected chi connectivity index (χ4v) is 4.80. The molecule has 4 nitrogen and oxygen atoms in total. The zero-order valence-corrected chi connectivity index (χ0v) is 15.9. The molecule has 1 saturated heterocycles. The lowest BCUT2D eigenvalue weighted by molar-refractivity contribution is -0.123. The predicted molar refractivity (Wildman–Crippen MR) is 105 cm³/mol. The van der Waals surface area contributed by atoms with Gasteiger partial charge in [-0.25, -0.2) is 4.98 Å². The van der Waals surface area contributed by atoms with Crippen LogP contribution in [0.1, 0.15) is 44.9 Å². The van der Waals surface area contributed by atoms with Crippen LogP contribution >= 0.6 is 11.3 Å². The Morgan fingerprint density at radius 1 is 1.12 bits per heavy atom. The van der Waals surface area contributed by atoms with Crippen molar-refractivity contribution >= 4 is 22.4 Å². The van der Waals surface area contributed by atoms with E-state index in [9.17, 15) is 4.79 Å². The Labute approximate surface area is 159 Å². The van der Waals surface area contributed by atoms with Gasteiger partial charge >= 0.3 is 0 Å². The number of carbonyl (C=O) groups is 1. The van der Waals surface area contributed by atoms with Crippen molar-refractivity contribution in [3.05, 3.63) is 35.7 Å². The summed E-state index contributed by atoms with van der Waals surface area (Å²) in [7, 11) is 0. The highest BCUT2D eigenvalue weighted by Crippen LogP contribution is 2.32. The van der Waals surface area contributed by atoms with Gasteiger partial charge in [0.2, 0.25) is 5.91 Å². The molecule has 1 saturated carbocycles. The van der Waals surface area contributed by atoms with Gasteiger partial charge in [-0.3, -0.25) is 9.69 Å². The monoisotopic (exact) mass is 370 g/mol. The number of rotatable bonds is 5. The molecule has 0 spiro atoms. The first-order chi connectivity index (χ1) is 12.8. The van der Waals surface area contributed by atoms with Gasteiger partial charge in [-0.1, -0.05) is 49.6 Å². The third kappa shape index (κ3) is 3.99. The molecule has 0 bridgehead atoms. The molecule has 2 fully saturated rings. The summed E-state index contributed by atoms with van der Waals surface area (Å²) < 4.78 is 5.82. The van der Waals surface area contributed by atoms with Crippen molar-refractivity contribution in [3.63, 3.8) is 0 Å². The lowest BCUT2D eigenvalue weighted by atomic mass is 9.88. The van der Waals surface area contributed by atoms with Crippen molar-refractivity contribution in [1.82, 2.24) is 4.98 Å². The molecule has 2 heterocycles. The second-order valence-corrected chi connectivity index (χ2v) is 8.14. The minimum absolute atomic E-state index is 0.145. The SMILES string of the molecule is O=C(C1CCCCC1)N(CC1CCCO1)c1nc(-c2ccccc2)cs1. The molecule has 1 aliphatic carbocycles. The first-order valence-electron chi connectivity index (χ1n) is 9.75. The van der Waals surface area contributed by atoms with Crippen LogP contribution in [-0.4, -0.2) is 30.1 Å². The van der Waals surface area contributed by atoms with Gasteiger partial charge in [-0.15, -0.1) is 11.3 Å². The van der Waals surface area contributed by atoms with E-state index in [0.717, 1.165) is 61.5 Å². The first kappa shape index (κ1) is 17.7. The molecule has 2 aliphatic rings. The number of thiazole rings is 1. The van der Waals surface area contributed by atoms with E-state index >= 15 is 0 Å². The van der Waals surface area contributed by atoms with Crippen LogP contribution in [0.4, 0.5) is 5.13 Å². The maximum Gasteiger partial charge on any atom is 0.231 e. The van der Waals surface area contributed by atoms with Crippen LogP contribution in [0.15, 0.2) is 35.7 Å². The molecule has 5 heteroatoms. The van der Waals surface area contributed by atoms with Gasteiger partial charge in [0, 0.05) is 23.5 Å². The highest BCUT2D eigenvalue weighted by atomic mass is 32.1. The fraction of sp³-hybridized carbons (Fsp3) is 0.524. The van der Waals surface area contributed by atoms with Crippen molar-refractivity contribution in [2.45, 2.75) is 51.0 Å². The van der Waals surface area contributed by atoms with Crippen molar-refractivity contribution in [2.24, 2.45) is 5.92 Å². The molecule has 1 atom stereocenters. The smallest absolute Gasteiger partial charge is 0.231 e. The summed E-state index contributed by atoms with van der Waals surface area (Å²) in [5.74, 6) is 0.392. The van der Waals surface area contributed by atoms with Crippen molar-refractivity contribution in [2.75, 3.05) is 18.1 Å². The first-order valence-corrected chi connectivity index (χ1v) is 10.6. The summed E-state index contributed by atoms with van der Waals surface area (Å²) in [6.45, 7) is 1.44. The van der Waals surface area contributed by atoms with Gasteiger partial charge < -0.3 is 4.74 Å². The number of hydrogen-bond acceptors (Lipinski definition) is 4. The topological polar surface area (TPSA) is 42.4 Å². The number of benzene rings is 1. The molecule has 1 aromatic heterocycles. The Kier molecular flexibility index (Phi) is 5.65. The maximum absolute atomic E-state index is 13.3. The molecule has 2 aromatic rings. The number of anilines is 1. The largest absolute Gasteiger partial charge is 0.376 e. The average molecular weight is 371 g/mol. The normalized spacial score (nSPS) is 21.0. The Morgan fingerprint density at radius 2 is 1.92 bits per heavy atom. The summed E-state index contributed by atoms with van der Waals surface area (Å²) in [6.07, 6.45) is 7.87. The van der Waals surface area contributed by atoms with Gasteiger partial charge in [0.05, 0.1) is 18.3 Å². The van der Waals surface area contributed by atoms with E-state index in [1.54, 1.807) is 11.3 Å². The maximum atomic E-state index is 13.3. The quantitative estimate of drug-likeness (QED) is 0.751. The van der Waals surface area contributed by atoms with Crippen LogP contribution in [0.25, 0.3) is 11.3 Å². The van der Waals surface area contributed by atoms with Crippen LogP contribution in [0, 0.1) is 5.92 Å². The summed E-state index contributed by atoms with van der Waals surface area (Å²) in [6, 6.07) is 10.2. The molecule has 0 radical (unpaired) electrons. The summed E-state index contributed by atoms with van der Waals surface area (Å²) >= 11 is 1.57. The van der Waals surface area contributed by atoms with E-state index in [-0.39, 0.29) is 17.9 Å². The zero-order valence-electron chi connectivity index (χ0n) is 15.1. The molecule has 0 N–H and O–H groups in total. The number of carbonyl (C=O) groups excluding carboxylic acids is 1. The Hall–Kier alpha value is -1.72.